The van der Waals surface area contributed by atoms with Crippen LogP contribution in [0.3, 0.4) is 0 Å². The van der Waals surface area contributed by atoms with E-state index in [1.54, 1.807) is 18.2 Å². The van der Waals surface area contributed by atoms with Crippen molar-refractivity contribution >= 4 is 17.6 Å². The van der Waals surface area contributed by atoms with Crippen molar-refractivity contribution in [1.82, 2.24) is 0 Å². The molecular weight excluding hydrogens is 277 g/mol. The number of halogens is 1. The minimum Gasteiger partial charge on any atom is -0.507 e. The number of aromatic hydroxyl groups is 1. The first kappa shape index (κ1) is 14.5. The molecule has 0 aliphatic carbocycles. The number of phenolic OH excluding ortho intramolecular Hbond substituents is 1. The molecule has 0 saturated carbocycles. The Morgan fingerprint density at radius 1 is 1.10 bits per heavy atom. The number of nitrogens with one attached hydrogen (secondary N) is 1. The van der Waals surface area contributed by atoms with Crippen LogP contribution < -0.4 is 5.32 Å². The minimum absolute atomic E-state index is 0.00103. The predicted molar refractivity (Wildman–Crippen MR) is 73.4 cm³/mol. The first-order valence-corrected chi connectivity index (χ1v) is 6.07. The van der Waals surface area contributed by atoms with Crippen molar-refractivity contribution in [3.8, 4) is 5.75 Å². The topological polar surface area (TPSA) is 75.6 Å². The molecule has 0 heterocycles. The van der Waals surface area contributed by atoms with Gasteiger partial charge in [-0.3, -0.25) is 4.79 Å². The highest BCUT2D eigenvalue weighted by molar-refractivity contribution is 5.96. The molecule has 2 N–H and O–H groups in total. The van der Waals surface area contributed by atoms with Gasteiger partial charge in [0.2, 0.25) is 0 Å². The second-order valence-electron chi connectivity index (χ2n) is 4.12. The molecule has 0 aliphatic heterocycles. The van der Waals surface area contributed by atoms with Crippen LogP contribution in [-0.2, 0) is 9.53 Å². The van der Waals surface area contributed by atoms with Crippen LogP contribution in [0.2, 0.25) is 0 Å². The molecular formula is C15H12FNO4. The van der Waals surface area contributed by atoms with Gasteiger partial charge in [-0.25, -0.2) is 9.18 Å². The Kier molecular flexibility index (Phi) is 4.50. The van der Waals surface area contributed by atoms with Gasteiger partial charge in [-0.15, -0.1) is 0 Å². The number of benzene rings is 2. The molecule has 21 heavy (non-hydrogen) atoms. The molecule has 2 aromatic rings. The van der Waals surface area contributed by atoms with E-state index in [9.17, 15) is 19.1 Å². The molecule has 108 valence electrons. The van der Waals surface area contributed by atoms with Gasteiger partial charge in [-0.1, -0.05) is 24.3 Å². The summed E-state index contributed by atoms with van der Waals surface area (Å²) in [5.74, 6) is -2.34. The summed E-state index contributed by atoms with van der Waals surface area (Å²) in [5.41, 5.74) is -0.0442. The lowest BCUT2D eigenvalue weighted by molar-refractivity contribution is -0.119. The van der Waals surface area contributed by atoms with Gasteiger partial charge in [0.25, 0.3) is 5.91 Å². The standard InChI is InChI=1S/C15H12FNO4/c16-11-6-2-3-7-12(11)17-14(19)9-21-15(20)10-5-1-4-8-13(10)18/h1-8,18H,9H2,(H,17,19). The van der Waals surface area contributed by atoms with Crippen molar-refractivity contribution in [1.29, 1.82) is 0 Å². The Bertz CT molecular complexity index is 672. The lowest BCUT2D eigenvalue weighted by Gasteiger charge is -2.08. The van der Waals surface area contributed by atoms with Crippen molar-refractivity contribution in [2.24, 2.45) is 0 Å². The summed E-state index contributed by atoms with van der Waals surface area (Å²) in [7, 11) is 0. The zero-order valence-electron chi connectivity index (χ0n) is 10.9. The second kappa shape index (κ2) is 6.51. The Balaban J connectivity index is 1.91. The number of carbonyl (C=O) groups excluding carboxylic acids is 2. The van der Waals surface area contributed by atoms with E-state index in [2.05, 4.69) is 5.32 Å². The lowest BCUT2D eigenvalue weighted by atomic mass is 10.2. The zero-order chi connectivity index (χ0) is 15.2. The number of hydrogen-bond acceptors (Lipinski definition) is 4. The summed E-state index contributed by atoms with van der Waals surface area (Å²) in [6, 6.07) is 11.4. The summed E-state index contributed by atoms with van der Waals surface area (Å²) < 4.78 is 18.1. The fourth-order valence-electron chi connectivity index (χ4n) is 1.60. The zero-order valence-corrected chi connectivity index (χ0v) is 10.9. The van der Waals surface area contributed by atoms with Gasteiger partial charge >= 0.3 is 5.97 Å². The average molecular weight is 289 g/mol. The van der Waals surface area contributed by atoms with Gasteiger partial charge in [0.05, 0.1) is 5.69 Å². The third-order valence-electron chi connectivity index (χ3n) is 2.61. The summed E-state index contributed by atoms with van der Waals surface area (Å²) in [6.07, 6.45) is 0. The Labute approximate surface area is 120 Å². The number of phenols is 1. The number of amides is 1. The fourth-order valence-corrected chi connectivity index (χ4v) is 1.60. The molecule has 0 fully saturated rings. The number of carbonyl (C=O) groups is 2. The van der Waals surface area contributed by atoms with Gasteiger partial charge < -0.3 is 15.2 Å². The third-order valence-corrected chi connectivity index (χ3v) is 2.61. The van der Waals surface area contributed by atoms with Crippen LogP contribution in [0.15, 0.2) is 48.5 Å². The number of anilines is 1. The van der Waals surface area contributed by atoms with E-state index in [-0.39, 0.29) is 17.0 Å². The van der Waals surface area contributed by atoms with Crippen molar-refractivity contribution in [2.45, 2.75) is 0 Å². The van der Waals surface area contributed by atoms with E-state index in [0.717, 1.165) is 0 Å². The lowest BCUT2D eigenvalue weighted by Crippen LogP contribution is -2.21. The molecule has 0 spiro atoms. The average Bonchev–Trinajstić information content (AvgIpc) is 2.48. The molecule has 2 rings (SSSR count). The minimum atomic E-state index is -0.836. The Morgan fingerprint density at radius 2 is 1.76 bits per heavy atom. The van der Waals surface area contributed by atoms with Gasteiger partial charge in [0.15, 0.2) is 6.61 Å². The fraction of sp³-hybridized carbons (Fsp3) is 0.0667. The smallest absolute Gasteiger partial charge is 0.342 e. The number of hydrogen-bond donors (Lipinski definition) is 2. The van der Waals surface area contributed by atoms with Gasteiger partial charge in [-0.2, -0.15) is 0 Å². The van der Waals surface area contributed by atoms with Crippen LogP contribution in [0, 0.1) is 5.82 Å². The molecule has 0 aliphatic rings. The van der Waals surface area contributed by atoms with E-state index < -0.39 is 24.3 Å². The maximum atomic E-state index is 13.3. The monoisotopic (exact) mass is 289 g/mol. The molecule has 0 unspecified atom stereocenters. The molecule has 0 saturated heterocycles. The number of ether oxygens (including phenoxy) is 1. The highest BCUT2D eigenvalue weighted by Gasteiger charge is 2.14. The molecule has 6 heteroatoms. The van der Waals surface area contributed by atoms with E-state index in [1.807, 2.05) is 0 Å². The van der Waals surface area contributed by atoms with Crippen LogP contribution >= 0.6 is 0 Å². The second-order valence-corrected chi connectivity index (χ2v) is 4.12. The van der Waals surface area contributed by atoms with E-state index in [0.29, 0.717) is 0 Å². The van der Waals surface area contributed by atoms with Gasteiger partial charge in [-0.05, 0) is 24.3 Å². The Hall–Kier alpha value is -2.89. The highest BCUT2D eigenvalue weighted by atomic mass is 19.1. The largest absolute Gasteiger partial charge is 0.507 e. The quantitative estimate of drug-likeness (QED) is 0.847. The molecule has 5 nitrogen and oxygen atoms in total. The van der Waals surface area contributed by atoms with E-state index in [1.165, 1.54) is 30.3 Å². The third kappa shape index (κ3) is 3.79. The first-order chi connectivity index (χ1) is 10.1. The number of rotatable bonds is 4. The summed E-state index contributed by atoms with van der Waals surface area (Å²) >= 11 is 0. The van der Waals surface area contributed by atoms with Crippen molar-refractivity contribution in [2.75, 3.05) is 11.9 Å². The molecule has 0 atom stereocenters. The van der Waals surface area contributed by atoms with Gasteiger partial charge in [0.1, 0.15) is 17.1 Å². The normalized spacial score (nSPS) is 9.95. The Morgan fingerprint density at radius 3 is 2.48 bits per heavy atom. The van der Waals surface area contributed by atoms with Gasteiger partial charge in [0, 0.05) is 0 Å². The summed E-state index contributed by atoms with van der Waals surface area (Å²) in [6.45, 7) is -0.582. The van der Waals surface area contributed by atoms with Crippen LogP contribution in [0.25, 0.3) is 0 Å². The van der Waals surface area contributed by atoms with Crippen LogP contribution in [0.4, 0.5) is 10.1 Å². The molecule has 1 amide bonds. The van der Waals surface area contributed by atoms with Crippen LogP contribution in [0.5, 0.6) is 5.75 Å². The molecule has 0 aromatic heterocycles. The first-order valence-electron chi connectivity index (χ1n) is 6.07. The maximum Gasteiger partial charge on any atom is 0.342 e. The SMILES string of the molecule is O=C(COC(=O)c1ccccc1O)Nc1ccccc1F. The molecule has 2 aromatic carbocycles. The van der Waals surface area contributed by atoms with Crippen molar-refractivity contribution in [3.05, 3.63) is 59.9 Å². The number of para-hydroxylation sites is 2. The summed E-state index contributed by atoms with van der Waals surface area (Å²) in [4.78, 5) is 23.2. The highest BCUT2D eigenvalue weighted by Crippen LogP contribution is 2.16. The molecule has 0 radical (unpaired) electrons. The van der Waals surface area contributed by atoms with Crippen LogP contribution in [0.1, 0.15) is 10.4 Å². The van der Waals surface area contributed by atoms with E-state index in [4.69, 9.17) is 4.74 Å². The maximum absolute atomic E-state index is 13.3. The summed E-state index contributed by atoms with van der Waals surface area (Å²) in [5, 5.41) is 11.7. The molecule has 0 bridgehead atoms. The van der Waals surface area contributed by atoms with E-state index >= 15 is 0 Å². The van der Waals surface area contributed by atoms with Crippen LogP contribution in [-0.4, -0.2) is 23.6 Å². The number of esters is 1. The van der Waals surface area contributed by atoms with Crippen molar-refractivity contribution < 1.29 is 23.8 Å². The predicted octanol–water partition coefficient (Wildman–Crippen LogP) is 2.33. The van der Waals surface area contributed by atoms with Crippen molar-refractivity contribution in [3.63, 3.8) is 0 Å².